The molecule has 1 amide bonds. The van der Waals surface area contributed by atoms with Crippen molar-refractivity contribution in [1.82, 2.24) is 10.3 Å². The Kier molecular flexibility index (Phi) is 5.48. The Morgan fingerprint density at radius 3 is 2.82 bits per heavy atom. The number of thioether (sulfide) groups is 1. The van der Waals surface area contributed by atoms with Crippen molar-refractivity contribution in [3.63, 3.8) is 0 Å². The molecule has 17 heavy (non-hydrogen) atoms. The fraction of sp³-hybridized carbons (Fsp3) is 0.364. The molecule has 0 aromatic carbocycles. The first-order valence-corrected chi connectivity index (χ1v) is 6.01. The second kappa shape index (κ2) is 6.90. The summed E-state index contributed by atoms with van der Waals surface area (Å²) in [4.78, 5) is 26.5. The van der Waals surface area contributed by atoms with Gasteiger partial charge >= 0.3 is 5.97 Å². The molecule has 0 aliphatic heterocycles. The Labute approximate surface area is 104 Å². The van der Waals surface area contributed by atoms with Crippen LogP contribution in [0, 0.1) is 0 Å². The van der Waals surface area contributed by atoms with Gasteiger partial charge in [0.05, 0.1) is 12.1 Å². The second-order valence-electron chi connectivity index (χ2n) is 3.26. The number of amides is 1. The Balaban J connectivity index is 2.55. The van der Waals surface area contributed by atoms with E-state index in [1.807, 2.05) is 18.2 Å². The molecule has 92 valence electrons. The standard InChI is InChI=1S/C11H14N2O3S/c1-8(14)13-9(11(15)16-2)7-17-10-5-3-4-6-12-10/h3-6,9H,7H2,1-2H3,(H,13,14)/t9-/m0/s1. The number of ether oxygens (including phenoxy) is 1. The minimum Gasteiger partial charge on any atom is -0.467 e. The number of nitrogens with one attached hydrogen (secondary N) is 1. The molecule has 1 atom stereocenters. The highest BCUT2D eigenvalue weighted by atomic mass is 32.2. The highest BCUT2D eigenvalue weighted by molar-refractivity contribution is 7.99. The zero-order chi connectivity index (χ0) is 12.7. The zero-order valence-corrected chi connectivity index (χ0v) is 10.5. The Bertz CT molecular complexity index is 384. The maximum Gasteiger partial charge on any atom is 0.329 e. The third kappa shape index (κ3) is 4.86. The van der Waals surface area contributed by atoms with Crippen molar-refractivity contribution in [3.05, 3.63) is 24.4 Å². The predicted molar refractivity (Wildman–Crippen MR) is 64.6 cm³/mol. The van der Waals surface area contributed by atoms with Crippen LogP contribution in [0.5, 0.6) is 0 Å². The van der Waals surface area contributed by atoms with E-state index in [4.69, 9.17) is 0 Å². The van der Waals surface area contributed by atoms with E-state index in [1.54, 1.807) is 6.20 Å². The van der Waals surface area contributed by atoms with Crippen LogP contribution in [0.3, 0.4) is 0 Å². The predicted octanol–water partition coefficient (Wildman–Crippen LogP) is 0.851. The van der Waals surface area contributed by atoms with E-state index >= 15 is 0 Å². The molecular formula is C11H14N2O3S. The second-order valence-corrected chi connectivity index (χ2v) is 4.30. The first-order valence-electron chi connectivity index (χ1n) is 5.02. The summed E-state index contributed by atoms with van der Waals surface area (Å²) in [7, 11) is 1.29. The van der Waals surface area contributed by atoms with Crippen LogP contribution in [-0.2, 0) is 14.3 Å². The van der Waals surface area contributed by atoms with Crippen LogP contribution in [-0.4, -0.2) is 35.8 Å². The van der Waals surface area contributed by atoms with E-state index in [0.29, 0.717) is 5.75 Å². The van der Waals surface area contributed by atoms with Crippen molar-refractivity contribution in [2.24, 2.45) is 0 Å². The fourth-order valence-corrected chi connectivity index (χ4v) is 2.02. The summed E-state index contributed by atoms with van der Waals surface area (Å²) < 4.78 is 4.61. The lowest BCUT2D eigenvalue weighted by Crippen LogP contribution is -2.42. The minimum absolute atomic E-state index is 0.262. The third-order valence-corrected chi connectivity index (χ3v) is 2.94. The molecule has 0 radical (unpaired) electrons. The molecule has 0 saturated carbocycles. The summed E-state index contributed by atoms with van der Waals surface area (Å²) >= 11 is 1.39. The lowest BCUT2D eigenvalue weighted by atomic mass is 10.3. The molecule has 0 spiro atoms. The number of nitrogens with zero attached hydrogens (tertiary/aromatic N) is 1. The number of carbonyl (C=O) groups excluding carboxylic acids is 2. The smallest absolute Gasteiger partial charge is 0.329 e. The Hall–Kier alpha value is -1.56. The summed E-state index contributed by atoms with van der Waals surface area (Å²) in [6.07, 6.45) is 1.67. The Morgan fingerprint density at radius 2 is 2.29 bits per heavy atom. The number of hydrogen-bond acceptors (Lipinski definition) is 5. The van der Waals surface area contributed by atoms with Gasteiger partial charge in [-0.25, -0.2) is 9.78 Å². The van der Waals surface area contributed by atoms with Crippen molar-refractivity contribution in [2.75, 3.05) is 12.9 Å². The fourth-order valence-electron chi connectivity index (χ4n) is 1.16. The first kappa shape index (κ1) is 13.5. The van der Waals surface area contributed by atoms with E-state index in [-0.39, 0.29) is 5.91 Å². The van der Waals surface area contributed by atoms with Crippen LogP contribution in [0.15, 0.2) is 29.4 Å². The van der Waals surface area contributed by atoms with Gasteiger partial charge in [0.1, 0.15) is 6.04 Å². The molecule has 1 N–H and O–H groups in total. The first-order chi connectivity index (χ1) is 8.13. The molecule has 1 aromatic rings. The lowest BCUT2D eigenvalue weighted by Gasteiger charge is -2.14. The van der Waals surface area contributed by atoms with E-state index in [2.05, 4.69) is 15.0 Å². The van der Waals surface area contributed by atoms with Gasteiger partial charge in [-0.05, 0) is 12.1 Å². The summed E-state index contributed by atoms with van der Waals surface area (Å²) in [5.74, 6) is -0.325. The van der Waals surface area contributed by atoms with E-state index in [0.717, 1.165) is 5.03 Å². The van der Waals surface area contributed by atoms with E-state index < -0.39 is 12.0 Å². The summed E-state index contributed by atoms with van der Waals surface area (Å²) in [5, 5.41) is 3.34. The molecule has 6 heteroatoms. The molecule has 0 aliphatic rings. The van der Waals surface area contributed by atoms with Gasteiger partial charge in [0.25, 0.3) is 0 Å². The van der Waals surface area contributed by atoms with Crippen LogP contribution in [0.4, 0.5) is 0 Å². The number of rotatable bonds is 5. The summed E-state index contributed by atoms with van der Waals surface area (Å²) in [5.41, 5.74) is 0. The molecule has 0 saturated heterocycles. The number of carbonyl (C=O) groups is 2. The molecule has 0 aliphatic carbocycles. The number of pyridine rings is 1. The van der Waals surface area contributed by atoms with Gasteiger partial charge in [-0.15, -0.1) is 11.8 Å². The topological polar surface area (TPSA) is 68.3 Å². The molecule has 0 bridgehead atoms. The lowest BCUT2D eigenvalue weighted by molar-refractivity contribution is -0.144. The van der Waals surface area contributed by atoms with Crippen molar-refractivity contribution in [2.45, 2.75) is 18.0 Å². The van der Waals surface area contributed by atoms with Crippen molar-refractivity contribution in [3.8, 4) is 0 Å². The third-order valence-electron chi connectivity index (χ3n) is 1.90. The molecule has 0 unspecified atom stereocenters. The summed E-state index contributed by atoms with van der Waals surface area (Å²) in [6, 6.07) is 4.87. The number of aromatic nitrogens is 1. The number of hydrogen-bond donors (Lipinski definition) is 1. The van der Waals surface area contributed by atoms with Crippen molar-refractivity contribution in [1.29, 1.82) is 0 Å². The van der Waals surface area contributed by atoms with Gasteiger partial charge < -0.3 is 10.1 Å². The van der Waals surface area contributed by atoms with Crippen LogP contribution >= 0.6 is 11.8 Å². The SMILES string of the molecule is COC(=O)[C@H](CSc1ccccn1)NC(C)=O. The number of methoxy groups -OCH3 is 1. The zero-order valence-electron chi connectivity index (χ0n) is 9.67. The van der Waals surface area contributed by atoms with E-state index in [9.17, 15) is 9.59 Å². The molecule has 1 heterocycles. The van der Waals surface area contributed by atoms with Crippen molar-refractivity contribution >= 4 is 23.6 Å². The van der Waals surface area contributed by atoms with Gasteiger partial charge in [-0.2, -0.15) is 0 Å². The average Bonchev–Trinajstić information content (AvgIpc) is 2.34. The maximum atomic E-state index is 11.4. The average molecular weight is 254 g/mol. The molecule has 1 aromatic heterocycles. The van der Waals surface area contributed by atoms with E-state index in [1.165, 1.54) is 25.8 Å². The summed E-state index contributed by atoms with van der Waals surface area (Å²) in [6.45, 7) is 1.36. The van der Waals surface area contributed by atoms with Gasteiger partial charge in [-0.3, -0.25) is 4.79 Å². The quantitative estimate of drug-likeness (QED) is 0.623. The van der Waals surface area contributed by atoms with Gasteiger partial charge in [0, 0.05) is 18.9 Å². The largest absolute Gasteiger partial charge is 0.467 e. The monoisotopic (exact) mass is 254 g/mol. The van der Waals surface area contributed by atoms with Gasteiger partial charge in [0.2, 0.25) is 5.91 Å². The van der Waals surface area contributed by atoms with Gasteiger partial charge in [0.15, 0.2) is 0 Å². The normalized spacial score (nSPS) is 11.6. The molecule has 5 nitrogen and oxygen atoms in total. The molecular weight excluding hydrogens is 240 g/mol. The van der Waals surface area contributed by atoms with Gasteiger partial charge in [-0.1, -0.05) is 6.07 Å². The minimum atomic E-state index is -0.649. The maximum absolute atomic E-state index is 11.4. The highest BCUT2D eigenvalue weighted by Crippen LogP contribution is 2.15. The highest BCUT2D eigenvalue weighted by Gasteiger charge is 2.20. The van der Waals surface area contributed by atoms with Crippen LogP contribution in [0.2, 0.25) is 0 Å². The van der Waals surface area contributed by atoms with Crippen LogP contribution in [0.1, 0.15) is 6.92 Å². The Morgan fingerprint density at radius 1 is 1.53 bits per heavy atom. The van der Waals surface area contributed by atoms with Crippen LogP contribution in [0.25, 0.3) is 0 Å². The van der Waals surface area contributed by atoms with Crippen molar-refractivity contribution < 1.29 is 14.3 Å². The van der Waals surface area contributed by atoms with Crippen LogP contribution < -0.4 is 5.32 Å². The molecule has 0 fully saturated rings. The molecule has 1 rings (SSSR count). The number of esters is 1.